The Morgan fingerprint density at radius 1 is 0.929 bits per heavy atom. The standard InChI is InChI=1S/C32H30ClN7O2/c1-39(2)17-7-12-29(41)35-23-15-13-21(14-16-23)31(42)36-24-9-6-10-25(19-24)37-32-34-20-26(33)30(38-32)28-18-22-8-4-5-11-27(22)40(28)3/h4-16,18-20H,17H2,1-3H3,(H,35,41)(H,36,42)(H,34,37,38). The van der Waals surface area contributed by atoms with E-state index in [-0.39, 0.29) is 11.8 Å². The minimum Gasteiger partial charge on any atom is -0.342 e. The number of aryl methyl sites for hydroxylation is 1. The van der Waals surface area contributed by atoms with Gasteiger partial charge in [-0.3, -0.25) is 9.59 Å². The molecule has 2 aromatic heterocycles. The number of hydrogen-bond donors (Lipinski definition) is 3. The van der Waals surface area contributed by atoms with Gasteiger partial charge in [0.05, 0.1) is 16.9 Å². The molecule has 0 aliphatic heterocycles. The number of anilines is 4. The molecule has 0 atom stereocenters. The van der Waals surface area contributed by atoms with E-state index in [1.165, 1.54) is 6.08 Å². The highest BCUT2D eigenvalue weighted by Crippen LogP contribution is 2.31. The summed E-state index contributed by atoms with van der Waals surface area (Å²) < 4.78 is 2.05. The fourth-order valence-corrected chi connectivity index (χ4v) is 4.58. The molecule has 2 amide bonds. The van der Waals surface area contributed by atoms with Crippen molar-refractivity contribution < 1.29 is 9.59 Å². The molecule has 0 saturated carbocycles. The first-order valence-corrected chi connectivity index (χ1v) is 13.6. The van der Waals surface area contributed by atoms with Gasteiger partial charge in [-0.25, -0.2) is 9.97 Å². The second-order valence-electron chi connectivity index (χ2n) is 9.93. The Hall–Kier alpha value is -4.99. The first-order valence-electron chi connectivity index (χ1n) is 13.2. The molecule has 0 radical (unpaired) electrons. The summed E-state index contributed by atoms with van der Waals surface area (Å²) in [7, 11) is 5.83. The van der Waals surface area contributed by atoms with E-state index in [9.17, 15) is 9.59 Å². The zero-order chi connectivity index (χ0) is 29.6. The number of likely N-dealkylation sites (N-methyl/N-ethyl adjacent to an activating group) is 1. The van der Waals surface area contributed by atoms with E-state index < -0.39 is 0 Å². The summed E-state index contributed by atoms with van der Waals surface area (Å²) in [5.41, 5.74) is 4.90. The molecule has 10 heteroatoms. The van der Waals surface area contributed by atoms with Gasteiger partial charge < -0.3 is 25.4 Å². The maximum atomic E-state index is 12.9. The molecule has 42 heavy (non-hydrogen) atoms. The van der Waals surface area contributed by atoms with Crippen LogP contribution >= 0.6 is 11.6 Å². The Balaban J connectivity index is 1.25. The van der Waals surface area contributed by atoms with E-state index in [1.54, 1.807) is 48.7 Å². The van der Waals surface area contributed by atoms with Crippen LogP contribution in [0.2, 0.25) is 5.02 Å². The lowest BCUT2D eigenvalue weighted by atomic mass is 10.2. The molecule has 0 aliphatic rings. The van der Waals surface area contributed by atoms with Crippen LogP contribution < -0.4 is 16.0 Å². The summed E-state index contributed by atoms with van der Waals surface area (Å²) in [4.78, 5) is 35.9. The highest BCUT2D eigenvalue weighted by atomic mass is 35.5. The van der Waals surface area contributed by atoms with Crippen LogP contribution in [0.1, 0.15) is 10.4 Å². The van der Waals surface area contributed by atoms with Crippen molar-refractivity contribution in [2.75, 3.05) is 36.6 Å². The summed E-state index contributed by atoms with van der Waals surface area (Å²) in [6, 6.07) is 24.1. The molecule has 9 nitrogen and oxygen atoms in total. The second kappa shape index (κ2) is 12.7. The Morgan fingerprint density at radius 2 is 1.69 bits per heavy atom. The normalized spacial score (nSPS) is 11.3. The topological polar surface area (TPSA) is 104 Å². The number of fused-ring (bicyclic) bond motifs is 1. The predicted octanol–water partition coefficient (Wildman–Crippen LogP) is 6.34. The van der Waals surface area contributed by atoms with Gasteiger partial charge in [0.1, 0.15) is 5.69 Å². The Morgan fingerprint density at radius 3 is 2.45 bits per heavy atom. The van der Waals surface area contributed by atoms with Gasteiger partial charge in [-0.1, -0.05) is 41.9 Å². The Kier molecular flexibility index (Phi) is 8.61. The van der Waals surface area contributed by atoms with Crippen LogP contribution in [0.5, 0.6) is 0 Å². The van der Waals surface area contributed by atoms with Gasteiger partial charge in [0.2, 0.25) is 11.9 Å². The molecule has 3 N–H and O–H groups in total. The number of carbonyl (C=O) groups is 2. The van der Waals surface area contributed by atoms with Gasteiger partial charge in [0.15, 0.2) is 0 Å². The highest BCUT2D eigenvalue weighted by molar-refractivity contribution is 6.33. The number of halogens is 1. The third-order valence-electron chi connectivity index (χ3n) is 6.47. The fraction of sp³-hybridized carbons (Fsp3) is 0.125. The lowest BCUT2D eigenvalue weighted by Crippen LogP contribution is -2.13. The molecule has 212 valence electrons. The van der Waals surface area contributed by atoms with Crippen LogP contribution in [-0.4, -0.2) is 51.9 Å². The zero-order valence-electron chi connectivity index (χ0n) is 23.4. The van der Waals surface area contributed by atoms with E-state index in [1.807, 2.05) is 73.1 Å². The summed E-state index contributed by atoms with van der Waals surface area (Å²) in [5, 5.41) is 10.4. The van der Waals surface area contributed by atoms with Crippen LogP contribution in [0, 0.1) is 0 Å². The predicted molar refractivity (Wildman–Crippen MR) is 169 cm³/mol. The summed E-state index contributed by atoms with van der Waals surface area (Å²) in [6.07, 6.45) is 4.84. The monoisotopic (exact) mass is 579 g/mol. The molecule has 5 aromatic rings. The zero-order valence-corrected chi connectivity index (χ0v) is 24.2. The van der Waals surface area contributed by atoms with Crippen LogP contribution in [0.3, 0.4) is 0 Å². The molecule has 0 saturated heterocycles. The Labute approximate surface area is 248 Å². The molecule has 2 heterocycles. The minimum atomic E-state index is -0.281. The van der Waals surface area contributed by atoms with Crippen LogP contribution in [-0.2, 0) is 11.8 Å². The van der Waals surface area contributed by atoms with Crippen molar-refractivity contribution in [3.8, 4) is 11.4 Å². The van der Waals surface area contributed by atoms with Crippen LogP contribution in [0.15, 0.2) is 97.2 Å². The smallest absolute Gasteiger partial charge is 0.255 e. The van der Waals surface area contributed by atoms with Gasteiger partial charge in [0.25, 0.3) is 5.91 Å². The van der Waals surface area contributed by atoms with E-state index in [0.29, 0.717) is 45.8 Å². The lowest BCUT2D eigenvalue weighted by molar-refractivity contribution is -0.111. The third kappa shape index (κ3) is 6.83. The number of para-hydroxylation sites is 1. The van der Waals surface area contributed by atoms with Crippen molar-refractivity contribution in [2.45, 2.75) is 0 Å². The number of nitrogens with zero attached hydrogens (tertiary/aromatic N) is 4. The molecular formula is C32H30ClN7O2. The number of amides is 2. The number of benzene rings is 3. The Bertz CT molecular complexity index is 1780. The van der Waals surface area contributed by atoms with Crippen LogP contribution in [0.4, 0.5) is 23.0 Å². The van der Waals surface area contributed by atoms with Gasteiger partial charge in [-0.15, -0.1) is 0 Å². The summed E-state index contributed by atoms with van der Waals surface area (Å²) in [5.74, 6) is -0.138. The van der Waals surface area contributed by atoms with Crippen LogP contribution in [0.25, 0.3) is 22.3 Å². The van der Waals surface area contributed by atoms with Crippen molar-refractivity contribution in [3.63, 3.8) is 0 Å². The number of rotatable bonds is 9. The second-order valence-corrected chi connectivity index (χ2v) is 10.3. The molecule has 0 fully saturated rings. The molecule has 0 bridgehead atoms. The van der Waals surface area contributed by atoms with E-state index >= 15 is 0 Å². The van der Waals surface area contributed by atoms with E-state index in [0.717, 1.165) is 16.6 Å². The molecule has 5 rings (SSSR count). The van der Waals surface area contributed by atoms with Crippen molar-refractivity contribution in [1.29, 1.82) is 0 Å². The quantitative estimate of drug-likeness (QED) is 0.176. The van der Waals surface area contributed by atoms with Gasteiger partial charge in [-0.05, 0) is 68.7 Å². The molecule has 3 aromatic carbocycles. The maximum absolute atomic E-state index is 12.9. The van der Waals surface area contributed by atoms with Crippen molar-refractivity contribution in [3.05, 3.63) is 108 Å². The molecule has 0 unspecified atom stereocenters. The van der Waals surface area contributed by atoms with Gasteiger partial charge >= 0.3 is 0 Å². The number of hydrogen-bond acceptors (Lipinski definition) is 6. The van der Waals surface area contributed by atoms with Crippen molar-refractivity contribution in [1.82, 2.24) is 19.4 Å². The number of carbonyl (C=O) groups excluding carboxylic acids is 2. The maximum Gasteiger partial charge on any atom is 0.255 e. The van der Waals surface area contributed by atoms with Gasteiger partial charge in [0, 0.05) is 53.2 Å². The highest BCUT2D eigenvalue weighted by Gasteiger charge is 2.14. The van der Waals surface area contributed by atoms with Crippen molar-refractivity contribution in [2.24, 2.45) is 7.05 Å². The SMILES string of the molecule is CN(C)CC=CC(=O)Nc1ccc(C(=O)Nc2cccc(Nc3ncc(Cl)c(-c4cc5ccccc5n4C)n3)c2)cc1. The summed E-state index contributed by atoms with van der Waals surface area (Å²) >= 11 is 6.50. The average molecular weight is 580 g/mol. The molecular weight excluding hydrogens is 550 g/mol. The van der Waals surface area contributed by atoms with E-state index in [4.69, 9.17) is 11.6 Å². The number of aromatic nitrogens is 3. The number of nitrogens with one attached hydrogen (secondary N) is 3. The molecule has 0 aliphatic carbocycles. The summed E-state index contributed by atoms with van der Waals surface area (Å²) in [6.45, 7) is 0.669. The average Bonchev–Trinajstić information content (AvgIpc) is 3.30. The van der Waals surface area contributed by atoms with E-state index in [2.05, 4.69) is 25.9 Å². The largest absolute Gasteiger partial charge is 0.342 e. The van der Waals surface area contributed by atoms with Crippen molar-refractivity contribution >= 4 is 57.3 Å². The third-order valence-corrected chi connectivity index (χ3v) is 6.75. The first kappa shape index (κ1) is 28.5. The fourth-order valence-electron chi connectivity index (χ4n) is 4.39. The minimum absolute atomic E-state index is 0.229. The van der Waals surface area contributed by atoms with Gasteiger partial charge in [-0.2, -0.15) is 0 Å². The lowest BCUT2D eigenvalue weighted by Gasteiger charge is -2.11. The molecule has 0 spiro atoms. The first-order chi connectivity index (χ1) is 20.3.